The van der Waals surface area contributed by atoms with E-state index >= 15 is 0 Å². The van der Waals surface area contributed by atoms with Gasteiger partial charge in [0, 0.05) is 11.5 Å². The molecule has 1 saturated carbocycles. The van der Waals surface area contributed by atoms with Gasteiger partial charge in [0.15, 0.2) is 0 Å². The van der Waals surface area contributed by atoms with Crippen LogP contribution in [0.25, 0.3) is 0 Å². The number of hydrogen-bond donors (Lipinski definition) is 0. The molecule has 4 heteroatoms. The highest BCUT2D eigenvalue weighted by Crippen LogP contribution is 2.38. The average Bonchev–Trinajstić information content (AvgIpc) is 2.26. The summed E-state index contributed by atoms with van der Waals surface area (Å²) in [4.78, 5) is 22.5. The summed E-state index contributed by atoms with van der Waals surface area (Å²) in [6.07, 6.45) is 2.53. The number of hydrogen-bond acceptors (Lipinski definition) is 4. The minimum absolute atomic E-state index is 0.0125. The summed E-state index contributed by atoms with van der Waals surface area (Å²) in [6, 6.07) is 0. The molecule has 2 heterocycles. The molecule has 88 valence electrons. The Labute approximate surface area is 94.6 Å². The molecule has 0 radical (unpaired) electrons. The van der Waals surface area contributed by atoms with Crippen LogP contribution in [0.15, 0.2) is 12.2 Å². The standard InChI is InChI=1S/C12H16O4/c1-7(2)11(13)15-6-9-5-8-3-4-10(9)16-12(8)14/h8-10H,1,3-6H2,2H3. The fourth-order valence-electron chi connectivity index (χ4n) is 2.33. The molecule has 1 aliphatic carbocycles. The second-order valence-corrected chi connectivity index (χ2v) is 4.62. The Bertz CT molecular complexity index is 334. The third-order valence-corrected chi connectivity index (χ3v) is 3.29. The summed E-state index contributed by atoms with van der Waals surface area (Å²) in [5.41, 5.74) is 0.401. The number of carbonyl (C=O) groups excluding carboxylic acids is 2. The van der Waals surface area contributed by atoms with E-state index < -0.39 is 0 Å². The summed E-state index contributed by atoms with van der Waals surface area (Å²) < 4.78 is 10.3. The van der Waals surface area contributed by atoms with Gasteiger partial charge < -0.3 is 9.47 Å². The van der Waals surface area contributed by atoms with E-state index in [0.717, 1.165) is 19.3 Å². The molecule has 3 atom stereocenters. The van der Waals surface area contributed by atoms with Gasteiger partial charge in [-0.05, 0) is 26.2 Å². The van der Waals surface area contributed by atoms with Gasteiger partial charge in [-0.15, -0.1) is 0 Å². The predicted molar refractivity (Wildman–Crippen MR) is 56.5 cm³/mol. The highest BCUT2D eigenvalue weighted by Gasteiger charge is 2.43. The van der Waals surface area contributed by atoms with Crippen molar-refractivity contribution in [1.82, 2.24) is 0 Å². The van der Waals surface area contributed by atoms with Gasteiger partial charge in [-0.25, -0.2) is 4.79 Å². The molecule has 0 amide bonds. The van der Waals surface area contributed by atoms with Crippen molar-refractivity contribution in [2.24, 2.45) is 11.8 Å². The first-order chi connectivity index (χ1) is 7.58. The van der Waals surface area contributed by atoms with Crippen LogP contribution in [-0.4, -0.2) is 24.6 Å². The number of ether oxygens (including phenoxy) is 2. The molecular weight excluding hydrogens is 208 g/mol. The Morgan fingerprint density at radius 2 is 2.31 bits per heavy atom. The zero-order chi connectivity index (χ0) is 11.7. The van der Waals surface area contributed by atoms with Gasteiger partial charge in [0.1, 0.15) is 6.10 Å². The monoisotopic (exact) mass is 224 g/mol. The van der Waals surface area contributed by atoms with Crippen molar-refractivity contribution in [1.29, 1.82) is 0 Å². The van der Waals surface area contributed by atoms with Crippen LogP contribution in [0.3, 0.4) is 0 Å². The molecule has 3 fully saturated rings. The van der Waals surface area contributed by atoms with Crippen molar-refractivity contribution in [2.45, 2.75) is 32.3 Å². The van der Waals surface area contributed by atoms with Crippen LogP contribution in [-0.2, 0) is 19.1 Å². The third-order valence-electron chi connectivity index (χ3n) is 3.29. The van der Waals surface area contributed by atoms with Gasteiger partial charge >= 0.3 is 11.9 Å². The predicted octanol–water partition coefficient (Wildman–Crippen LogP) is 1.45. The van der Waals surface area contributed by atoms with E-state index in [9.17, 15) is 9.59 Å². The van der Waals surface area contributed by atoms with E-state index in [2.05, 4.69) is 6.58 Å². The Kier molecular flexibility index (Phi) is 2.99. The van der Waals surface area contributed by atoms with Gasteiger partial charge in [0.05, 0.1) is 12.5 Å². The normalized spacial score (nSPS) is 32.1. The Hall–Kier alpha value is -1.32. The molecule has 16 heavy (non-hydrogen) atoms. The van der Waals surface area contributed by atoms with E-state index in [1.165, 1.54) is 0 Å². The first-order valence-electron chi connectivity index (χ1n) is 5.61. The molecule has 2 bridgehead atoms. The molecular formula is C12H16O4. The van der Waals surface area contributed by atoms with Crippen molar-refractivity contribution >= 4 is 11.9 Å². The highest BCUT2D eigenvalue weighted by atomic mass is 16.6. The topological polar surface area (TPSA) is 52.6 Å². The lowest BCUT2D eigenvalue weighted by Crippen LogP contribution is -2.45. The van der Waals surface area contributed by atoms with Crippen molar-refractivity contribution in [3.05, 3.63) is 12.2 Å². The van der Waals surface area contributed by atoms with E-state index in [1.54, 1.807) is 6.92 Å². The zero-order valence-corrected chi connectivity index (χ0v) is 9.40. The minimum atomic E-state index is -0.368. The molecule has 0 spiro atoms. The van der Waals surface area contributed by atoms with Gasteiger partial charge in [0.25, 0.3) is 0 Å². The van der Waals surface area contributed by atoms with E-state index in [1.807, 2.05) is 0 Å². The molecule has 3 unspecified atom stereocenters. The maximum absolute atomic E-state index is 11.3. The quantitative estimate of drug-likeness (QED) is 0.537. The minimum Gasteiger partial charge on any atom is -0.462 e. The van der Waals surface area contributed by atoms with Crippen LogP contribution in [0.4, 0.5) is 0 Å². The van der Waals surface area contributed by atoms with Gasteiger partial charge in [0.2, 0.25) is 0 Å². The van der Waals surface area contributed by atoms with Crippen LogP contribution in [0.5, 0.6) is 0 Å². The van der Waals surface area contributed by atoms with Gasteiger partial charge in [-0.2, -0.15) is 0 Å². The fourth-order valence-corrected chi connectivity index (χ4v) is 2.33. The molecule has 0 aromatic rings. The number of esters is 2. The van der Waals surface area contributed by atoms with Crippen molar-refractivity contribution in [3.8, 4) is 0 Å². The summed E-state index contributed by atoms with van der Waals surface area (Å²) >= 11 is 0. The SMILES string of the molecule is C=C(C)C(=O)OCC1CC2CCC1OC2=O. The molecule has 2 aliphatic heterocycles. The van der Waals surface area contributed by atoms with E-state index in [4.69, 9.17) is 9.47 Å². The van der Waals surface area contributed by atoms with Crippen LogP contribution in [0, 0.1) is 11.8 Å². The van der Waals surface area contributed by atoms with E-state index in [-0.39, 0.29) is 29.9 Å². The molecule has 0 aromatic carbocycles. The van der Waals surface area contributed by atoms with Gasteiger partial charge in [-0.1, -0.05) is 6.58 Å². The third kappa shape index (κ3) is 2.10. The summed E-state index contributed by atoms with van der Waals surface area (Å²) in [7, 11) is 0. The Morgan fingerprint density at radius 1 is 1.56 bits per heavy atom. The first kappa shape index (κ1) is 11.2. The van der Waals surface area contributed by atoms with Crippen LogP contribution < -0.4 is 0 Å². The Balaban J connectivity index is 1.86. The van der Waals surface area contributed by atoms with Crippen LogP contribution >= 0.6 is 0 Å². The number of carbonyl (C=O) groups is 2. The maximum Gasteiger partial charge on any atom is 0.333 e. The second-order valence-electron chi connectivity index (χ2n) is 4.62. The zero-order valence-electron chi connectivity index (χ0n) is 9.40. The number of fused-ring (bicyclic) bond motifs is 3. The summed E-state index contributed by atoms with van der Waals surface area (Å²) in [5, 5.41) is 0. The summed E-state index contributed by atoms with van der Waals surface area (Å²) in [6.45, 7) is 5.47. The fraction of sp³-hybridized carbons (Fsp3) is 0.667. The van der Waals surface area contributed by atoms with E-state index in [0.29, 0.717) is 12.2 Å². The molecule has 0 aromatic heterocycles. The first-order valence-corrected chi connectivity index (χ1v) is 5.61. The molecule has 3 rings (SSSR count). The Morgan fingerprint density at radius 3 is 2.81 bits per heavy atom. The second kappa shape index (κ2) is 4.28. The maximum atomic E-state index is 11.3. The lowest BCUT2D eigenvalue weighted by Gasteiger charge is -2.40. The van der Waals surface area contributed by atoms with Crippen molar-refractivity contribution in [3.63, 3.8) is 0 Å². The molecule has 0 N–H and O–H groups in total. The highest BCUT2D eigenvalue weighted by molar-refractivity contribution is 5.86. The molecule has 3 aliphatic rings. The van der Waals surface area contributed by atoms with Gasteiger partial charge in [-0.3, -0.25) is 4.79 Å². The lowest BCUT2D eigenvalue weighted by atomic mass is 9.77. The van der Waals surface area contributed by atoms with Crippen LogP contribution in [0.1, 0.15) is 26.2 Å². The van der Waals surface area contributed by atoms with Crippen molar-refractivity contribution in [2.75, 3.05) is 6.61 Å². The molecule has 4 nitrogen and oxygen atoms in total. The number of rotatable bonds is 3. The van der Waals surface area contributed by atoms with Crippen LogP contribution in [0.2, 0.25) is 0 Å². The molecule has 2 saturated heterocycles. The van der Waals surface area contributed by atoms with Crippen molar-refractivity contribution < 1.29 is 19.1 Å². The smallest absolute Gasteiger partial charge is 0.333 e. The lowest BCUT2D eigenvalue weighted by molar-refractivity contribution is -0.179. The average molecular weight is 224 g/mol. The largest absolute Gasteiger partial charge is 0.462 e. The summed E-state index contributed by atoms with van der Waals surface area (Å²) in [5.74, 6) is -0.273.